The van der Waals surface area contributed by atoms with Gasteiger partial charge in [-0.05, 0) is 49.6 Å². The first-order valence-electron chi connectivity index (χ1n) is 8.89. The highest BCUT2D eigenvalue weighted by molar-refractivity contribution is 7.17. The monoisotopic (exact) mass is 401 g/mol. The highest BCUT2D eigenvalue weighted by Gasteiger charge is 2.27. The zero-order valence-electron chi connectivity index (χ0n) is 14.9. The minimum atomic E-state index is -0.00327. The average Bonchev–Trinajstić information content (AvgIpc) is 3.37. The Morgan fingerprint density at radius 1 is 1.15 bits per heavy atom. The van der Waals surface area contributed by atoms with Crippen molar-refractivity contribution in [3.63, 3.8) is 0 Å². The number of carbonyl (C=O) groups excluding carboxylic acids is 1. The molecule has 1 saturated heterocycles. The molecule has 0 aliphatic carbocycles. The maximum atomic E-state index is 12.6. The Bertz CT molecular complexity index is 931. The van der Waals surface area contributed by atoms with Crippen LogP contribution in [0.25, 0.3) is 5.13 Å². The van der Waals surface area contributed by atoms with Crippen LogP contribution in [-0.2, 0) is 4.79 Å². The number of carbonyl (C=O) groups is 1. The molecule has 1 amide bonds. The van der Waals surface area contributed by atoms with Gasteiger partial charge < -0.3 is 10.2 Å². The van der Waals surface area contributed by atoms with Gasteiger partial charge in [-0.3, -0.25) is 9.36 Å². The van der Waals surface area contributed by atoms with Gasteiger partial charge in [0.15, 0.2) is 0 Å². The second kappa shape index (κ2) is 7.70. The smallest absolute Gasteiger partial charge is 0.227 e. The number of halogens is 1. The van der Waals surface area contributed by atoms with Crippen molar-refractivity contribution in [1.82, 2.24) is 14.8 Å². The number of hydrogen-bond donors (Lipinski definition) is 1. The SMILES string of the molecule is Cc1c(Cl)cccc1NC(=O)C1CCN(c2nnc(-n3cccc3)s2)CC1. The van der Waals surface area contributed by atoms with E-state index in [0.717, 1.165) is 47.4 Å². The highest BCUT2D eigenvalue weighted by atomic mass is 35.5. The molecule has 3 aromatic rings. The Hall–Kier alpha value is -2.38. The van der Waals surface area contributed by atoms with Gasteiger partial charge in [0.1, 0.15) is 0 Å². The molecule has 3 heterocycles. The van der Waals surface area contributed by atoms with Crippen molar-refractivity contribution >= 4 is 39.7 Å². The van der Waals surface area contributed by atoms with Crippen LogP contribution >= 0.6 is 22.9 Å². The summed E-state index contributed by atoms with van der Waals surface area (Å²) in [6, 6.07) is 9.50. The third-order valence-corrected chi connectivity index (χ3v) is 6.30. The van der Waals surface area contributed by atoms with Crippen LogP contribution in [0.4, 0.5) is 10.8 Å². The largest absolute Gasteiger partial charge is 0.347 e. The van der Waals surface area contributed by atoms with Crippen LogP contribution in [-0.4, -0.2) is 33.8 Å². The standard InChI is InChI=1S/C19H20ClN5OS/c1-13-15(20)5-4-6-16(13)21-17(26)14-7-11-25(12-8-14)19-23-22-18(27-19)24-9-2-3-10-24/h2-6,9-10,14H,7-8,11-12H2,1H3,(H,21,26). The molecule has 0 spiro atoms. The molecule has 140 valence electrons. The number of amides is 1. The summed E-state index contributed by atoms with van der Waals surface area (Å²) >= 11 is 7.70. The van der Waals surface area contributed by atoms with E-state index in [1.807, 2.05) is 54.2 Å². The zero-order valence-corrected chi connectivity index (χ0v) is 16.5. The predicted octanol–water partition coefficient (Wildman–Crippen LogP) is 4.15. The van der Waals surface area contributed by atoms with E-state index in [9.17, 15) is 4.79 Å². The lowest BCUT2D eigenvalue weighted by molar-refractivity contribution is -0.120. The van der Waals surface area contributed by atoms with E-state index in [1.54, 1.807) is 11.3 Å². The van der Waals surface area contributed by atoms with Crippen molar-refractivity contribution in [2.75, 3.05) is 23.3 Å². The molecule has 0 atom stereocenters. The first-order chi connectivity index (χ1) is 13.1. The molecule has 1 aliphatic rings. The third-order valence-electron chi connectivity index (χ3n) is 4.89. The highest BCUT2D eigenvalue weighted by Crippen LogP contribution is 2.29. The summed E-state index contributed by atoms with van der Waals surface area (Å²) in [5, 5.41) is 14.0. The van der Waals surface area contributed by atoms with Gasteiger partial charge in [0.2, 0.25) is 16.2 Å². The van der Waals surface area contributed by atoms with E-state index in [4.69, 9.17) is 11.6 Å². The Morgan fingerprint density at radius 3 is 2.59 bits per heavy atom. The minimum absolute atomic E-state index is 0.00327. The van der Waals surface area contributed by atoms with Crippen LogP contribution in [0.2, 0.25) is 5.02 Å². The van der Waals surface area contributed by atoms with Crippen LogP contribution in [0.1, 0.15) is 18.4 Å². The minimum Gasteiger partial charge on any atom is -0.347 e. The summed E-state index contributed by atoms with van der Waals surface area (Å²) in [7, 11) is 0. The van der Waals surface area contributed by atoms with Gasteiger partial charge in [-0.15, -0.1) is 10.2 Å². The van der Waals surface area contributed by atoms with Crippen LogP contribution < -0.4 is 10.2 Å². The molecule has 1 N–H and O–H groups in total. The van der Waals surface area contributed by atoms with E-state index in [0.29, 0.717) is 5.02 Å². The number of hydrogen-bond acceptors (Lipinski definition) is 5. The fourth-order valence-corrected chi connectivity index (χ4v) is 4.25. The Morgan fingerprint density at radius 2 is 1.85 bits per heavy atom. The van der Waals surface area contributed by atoms with Gasteiger partial charge in [-0.2, -0.15) is 0 Å². The number of piperidine rings is 1. The summed E-state index contributed by atoms with van der Waals surface area (Å²) in [5.74, 6) is 0.0572. The van der Waals surface area contributed by atoms with Crippen molar-refractivity contribution in [2.45, 2.75) is 19.8 Å². The Labute approximate surface area is 166 Å². The lowest BCUT2D eigenvalue weighted by Gasteiger charge is -2.30. The molecule has 1 fully saturated rings. The molecule has 0 radical (unpaired) electrons. The molecule has 4 rings (SSSR count). The second-order valence-corrected chi connectivity index (χ2v) is 7.96. The van der Waals surface area contributed by atoms with Gasteiger partial charge >= 0.3 is 0 Å². The van der Waals surface area contributed by atoms with Crippen molar-refractivity contribution in [3.05, 3.63) is 53.3 Å². The predicted molar refractivity (Wildman–Crippen MR) is 109 cm³/mol. The van der Waals surface area contributed by atoms with Gasteiger partial charge in [0.25, 0.3) is 0 Å². The Kier molecular flexibility index (Phi) is 5.13. The lowest BCUT2D eigenvalue weighted by Crippen LogP contribution is -2.38. The number of benzene rings is 1. The van der Waals surface area contributed by atoms with E-state index >= 15 is 0 Å². The van der Waals surface area contributed by atoms with Gasteiger partial charge in [-0.1, -0.05) is 29.0 Å². The summed E-state index contributed by atoms with van der Waals surface area (Å²) in [6.45, 7) is 3.51. The molecule has 0 unspecified atom stereocenters. The van der Waals surface area contributed by atoms with Crippen LogP contribution in [0.5, 0.6) is 0 Å². The molecule has 8 heteroatoms. The molecule has 2 aromatic heterocycles. The molecule has 0 saturated carbocycles. The molecule has 6 nitrogen and oxygen atoms in total. The number of nitrogens with one attached hydrogen (secondary N) is 1. The Balaban J connectivity index is 1.36. The van der Waals surface area contributed by atoms with E-state index < -0.39 is 0 Å². The number of rotatable bonds is 4. The van der Waals surface area contributed by atoms with Crippen molar-refractivity contribution in [1.29, 1.82) is 0 Å². The molecule has 1 aromatic carbocycles. The molecular weight excluding hydrogens is 382 g/mol. The summed E-state index contributed by atoms with van der Waals surface area (Å²) < 4.78 is 1.95. The van der Waals surface area contributed by atoms with Crippen LogP contribution in [0, 0.1) is 12.8 Å². The summed E-state index contributed by atoms with van der Waals surface area (Å²) in [6.07, 6.45) is 5.51. The second-order valence-electron chi connectivity index (χ2n) is 6.62. The number of nitrogens with zero attached hydrogens (tertiary/aromatic N) is 4. The molecular formula is C19H20ClN5OS. The molecule has 1 aliphatic heterocycles. The molecule has 27 heavy (non-hydrogen) atoms. The number of aromatic nitrogens is 3. The van der Waals surface area contributed by atoms with Gasteiger partial charge in [-0.25, -0.2) is 0 Å². The lowest BCUT2D eigenvalue weighted by atomic mass is 9.96. The van der Waals surface area contributed by atoms with Crippen LogP contribution in [0.3, 0.4) is 0 Å². The average molecular weight is 402 g/mol. The summed E-state index contributed by atoms with van der Waals surface area (Å²) in [5.41, 5.74) is 1.69. The summed E-state index contributed by atoms with van der Waals surface area (Å²) in [4.78, 5) is 14.8. The van der Waals surface area contributed by atoms with Crippen molar-refractivity contribution in [2.24, 2.45) is 5.92 Å². The first kappa shape index (κ1) is 18.0. The zero-order chi connectivity index (χ0) is 18.8. The fourth-order valence-electron chi connectivity index (χ4n) is 3.21. The van der Waals surface area contributed by atoms with E-state index in [-0.39, 0.29) is 11.8 Å². The topological polar surface area (TPSA) is 63.1 Å². The fraction of sp³-hybridized carbons (Fsp3) is 0.316. The van der Waals surface area contributed by atoms with Crippen LogP contribution in [0.15, 0.2) is 42.7 Å². The van der Waals surface area contributed by atoms with Gasteiger partial charge in [0.05, 0.1) is 0 Å². The van der Waals surface area contributed by atoms with E-state index in [2.05, 4.69) is 20.4 Å². The third kappa shape index (κ3) is 3.84. The molecule has 0 bridgehead atoms. The van der Waals surface area contributed by atoms with E-state index in [1.165, 1.54) is 0 Å². The first-order valence-corrected chi connectivity index (χ1v) is 10.1. The normalized spacial score (nSPS) is 15.1. The van der Waals surface area contributed by atoms with Gasteiger partial charge in [0, 0.05) is 42.1 Å². The maximum absolute atomic E-state index is 12.6. The number of anilines is 2. The quantitative estimate of drug-likeness (QED) is 0.713. The van der Waals surface area contributed by atoms with Crippen molar-refractivity contribution < 1.29 is 4.79 Å². The van der Waals surface area contributed by atoms with Crippen molar-refractivity contribution in [3.8, 4) is 5.13 Å². The maximum Gasteiger partial charge on any atom is 0.227 e.